The molecular formula is C22H24N4O2. The molecule has 2 N–H and O–H groups in total. The molecule has 3 aromatic rings. The Labute approximate surface area is 164 Å². The van der Waals surface area contributed by atoms with E-state index in [4.69, 9.17) is 15.6 Å². The Morgan fingerprint density at radius 3 is 2.50 bits per heavy atom. The van der Waals surface area contributed by atoms with Crippen LogP contribution in [-0.4, -0.2) is 52.9 Å². The zero-order valence-electron chi connectivity index (χ0n) is 15.9. The quantitative estimate of drug-likeness (QED) is 0.760. The molecule has 2 heterocycles. The van der Waals surface area contributed by atoms with Crippen LogP contribution in [0.5, 0.6) is 0 Å². The van der Waals surface area contributed by atoms with E-state index in [9.17, 15) is 4.79 Å². The Balaban J connectivity index is 1.81. The highest BCUT2D eigenvalue weighted by molar-refractivity contribution is 6.01. The Bertz CT molecular complexity index is 953. The average molecular weight is 376 g/mol. The molecule has 4 rings (SSSR count). The van der Waals surface area contributed by atoms with Gasteiger partial charge >= 0.3 is 0 Å². The summed E-state index contributed by atoms with van der Waals surface area (Å²) in [6.07, 6.45) is -0.123. The SMILES string of the molecule is Cc1c(C(=O)N2CCO[C@@H](CN)C2)c(-c2ccccc2)nn1-c1ccccc1. The first-order valence-corrected chi connectivity index (χ1v) is 9.50. The predicted molar refractivity (Wildman–Crippen MR) is 108 cm³/mol. The number of hydrogen-bond acceptors (Lipinski definition) is 4. The van der Waals surface area contributed by atoms with Crippen LogP contribution >= 0.6 is 0 Å². The van der Waals surface area contributed by atoms with E-state index in [0.29, 0.717) is 37.5 Å². The zero-order chi connectivity index (χ0) is 19.5. The fourth-order valence-corrected chi connectivity index (χ4v) is 3.58. The van der Waals surface area contributed by atoms with Gasteiger partial charge in [0.15, 0.2) is 0 Å². The van der Waals surface area contributed by atoms with Crippen LogP contribution in [0.4, 0.5) is 0 Å². The van der Waals surface area contributed by atoms with Gasteiger partial charge < -0.3 is 15.4 Å². The van der Waals surface area contributed by atoms with Crippen LogP contribution in [-0.2, 0) is 4.74 Å². The Morgan fingerprint density at radius 1 is 1.14 bits per heavy atom. The van der Waals surface area contributed by atoms with E-state index < -0.39 is 0 Å². The molecule has 0 bridgehead atoms. The summed E-state index contributed by atoms with van der Waals surface area (Å²) in [6.45, 7) is 3.90. The number of carbonyl (C=O) groups is 1. The molecule has 1 fully saturated rings. The van der Waals surface area contributed by atoms with Crippen LogP contribution in [0.1, 0.15) is 16.1 Å². The molecular weight excluding hydrogens is 352 g/mol. The predicted octanol–water partition coefficient (Wildman–Crippen LogP) is 2.65. The maximum Gasteiger partial charge on any atom is 0.258 e. The minimum Gasteiger partial charge on any atom is -0.373 e. The van der Waals surface area contributed by atoms with E-state index in [2.05, 4.69) is 0 Å². The number of aromatic nitrogens is 2. The highest BCUT2D eigenvalue weighted by Crippen LogP contribution is 2.29. The summed E-state index contributed by atoms with van der Waals surface area (Å²) in [5, 5.41) is 4.82. The lowest BCUT2D eigenvalue weighted by atomic mass is 10.0. The lowest BCUT2D eigenvalue weighted by molar-refractivity contribution is -0.0167. The number of nitrogens with zero attached hydrogens (tertiary/aromatic N) is 3. The Kier molecular flexibility index (Phi) is 5.23. The van der Waals surface area contributed by atoms with E-state index in [0.717, 1.165) is 16.9 Å². The molecule has 0 saturated carbocycles. The minimum absolute atomic E-state index is 0.0275. The molecule has 1 saturated heterocycles. The molecule has 1 amide bonds. The maximum atomic E-state index is 13.5. The number of carbonyl (C=O) groups excluding carboxylic acids is 1. The molecule has 1 aromatic heterocycles. The molecule has 144 valence electrons. The Morgan fingerprint density at radius 2 is 1.82 bits per heavy atom. The minimum atomic E-state index is -0.123. The van der Waals surface area contributed by atoms with Gasteiger partial charge in [0.05, 0.1) is 29.7 Å². The molecule has 1 atom stereocenters. The van der Waals surface area contributed by atoms with Crippen molar-refractivity contribution in [2.45, 2.75) is 13.0 Å². The second-order valence-corrected chi connectivity index (χ2v) is 6.90. The van der Waals surface area contributed by atoms with Gasteiger partial charge in [-0.25, -0.2) is 4.68 Å². The fraction of sp³-hybridized carbons (Fsp3) is 0.273. The van der Waals surface area contributed by atoms with E-state index in [1.54, 1.807) is 0 Å². The van der Waals surface area contributed by atoms with Gasteiger partial charge in [0.2, 0.25) is 0 Å². The maximum absolute atomic E-state index is 13.5. The third-order valence-corrected chi connectivity index (χ3v) is 5.07. The number of hydrogen-bond donors (Lipinski definition) is 1. The van der Waals surface area contributed by atoms with Gasteiger partial charge in [0.25, 0.3) is 5.91 Å². The van der Waals surface area contributed by atoms with Crippen molar-refractivity contribution in [1.82, 2.24) is 14.7 Å². The molecule has 0 spiro atoms. The summed E-state index contributed by atoms with van der Waals surface area (Å²) in [5.74, 6) is -0.0275. The van der Waals surface area contributed by atoms with Crippen LogP contribution in [0, 0.1) is 6.92 Å². The van der Waals surface area contributed by atoms with Crippen molar-refractivity contribution >= 4 is 5.91 Å². The number of rotatable bonds is 4. The first kappa shape index (κ1) is 18.4. The first-order valence-electron chi connectivity index (χ1n) is 9.50. The van der Waals surface area contributed by atoms with Crippen molar-refractivity contribution in [2.75, 3.05) is 26.2 Å². The summed E-state index contributed by atoms with van der Waals surface area (Å²) >= 11 is 0. The van der Waals surface area contributed by atoms with Gasteiger partial charge in [0.1, 0.15) is 5.69 Å². The topological polar surface area (TPSA) is 73.4 Å². The average Bonchev–Trinajstić information content (AvgIpc) is 3.11. The van der Waals surface area contributed by atoms with Gasteiger partial charge in [-0.15, -0.1) is 0 Å². The second kappa shape index (κ2) is 7.96. The molecule has 2 aromatic carbocycles. The van der Waals surface area contributed by atoms with Crippen LogP contribution in [0.2, 0.25) is 0 Å². The molecule has 28 heavy (non-hydrogen) atoms. The first-order chi connectivity index (χ1) is 13.7. The van der Waals surface area contributed by atoms with Crippen molar-refractivity contribution < 1.29 is 9.53 Å². The monoisotopic (exact) mass is 376 g/mol. The lowest BCUT2D eigenvalue weighted by Gasteiger charge is -2.32. The molecule has 1 aliphatic rings. The summed E-state index contributed by atoms with van der Waals surface area (Å²) < 4.78 is 7.47. The van der Waals surface area contributed by atoms with Gasteiger partial charge in [-0.1, -0.05) is 48.5 Å². The smallest absolute Gasteiger partial charge is 0.258 e. The van der Waals surface area contributed by atoms with Gasteiger partial charge in [0, 0.05) is 25.2 Å². The van der Waals surface area contributed by atoms with Crippen LogP contribution < -0.4 is 5.73 Å². The highest BCUT2D eigenvalue weighted by Gasteiger charge is 2.30. The molecule has 6 heteroatoms. The standard InChI is InChI=1S/C22H24N4O2/c1-16-20(22(27)25-12-13-28-19(14-23)15-25)21(17-8-4-2-5-9-17)24-26(16)18-10-6-3-7-11-18/h2-11,19H,12-15,23H2,1H3/t19-/m0/s1. The van der Waals surface area contributed by atoms with Crippen molar-refractivity contribution in [3.05, 3.63) is 71.9 Å². The number of nitrogens with two attached hydrogens (primary N) is 1. The number of amides is 1. The fourth-order valence-electron chi connectivity index (χ4n) is 3.58. The Hall–Kier alpha value is -2.96. The summed E-state index contributed by atoms with van der Waals surface area (Å²) in [5.41, 5.74) is 9.76. The van der Waals surface area contributed by atoms with Crippen LogP contribution in [0.3, 0.4) is 0 Å². The molecule has 0 radical (unpaired) electrons. The van der Waals surface area contributed by atoms with Gasteiger partial charge in [-0.3, -0.25) is 4.79 Å². The van der Waals surface area contributed by atoms with E-state index >= 15 is 0 Å². The van der Waals surface area contributed by atoms with E-state index in [-0.39, 0.29) is 12.0 Å². The lowest BCUT2D eigenvalue weighted by Crippen LogP contribution is -2.48. The summed E-state index contributed by atoms with van der Waals surface area (Å²) in [4.78, 5) is 15.3. The third-order valence-electron chi connectivity index (χ3n) is 5.07. The normalized spacial score (nSPS) is 16.9. The van der Waals surface area contributed by atoms with Gasteiger partial charge in [-0.05, 0) is 19.1 Å². The summed E-state index contributed by atoms with van der Waals surface area (Å²) in [7, 11) is 0. The molecule has 6 nitrogen and oxygen atoms in total. The van der Waals surface area contributed by atoms with Crippen LogP contribution in [0.25, 0.3) is 16.9 Å². The number of morpholine rings is 1. The molecule has 0 unspecified atom stereocenters. The van der Waals surface area contributed by atoms with Crippen molar-refractivity contribution in [2.24, 2.45) is 5.73 Å². The number of para-hydroxylation sites is 1. The summed E-state index contributed by atoms with van der Waals surface area (Å²) in [6, 6.07) is 19.7. The zero-order valence-corrected chi connectivity index (χ0v) is 15.9. The number of benzene rings is 2. The number of ether oxygens (including phenoxy) is 1. The molecule has 1 aliphatic heterocycles. The van der Waals surface area contributed by atoms with Gasteiger partial charge in [-0.2, -0.15) is 5.10 Å². The van der Waals surface area contributed by atoms with Crippen molar-refractivity contribution in [3.8, 4) is 16.9 Å². The van der Waals surface area contributed by atoms with Crippen molar-refractivity contribution in [3.63, 3.8) is 0 Å². The molecule has 0 aliphatic carbocycles. The van der Waals surface area contributed by atoms with E-state index in [1.807, 2.05) is 77.2 Å². The second-order valence-electron chi connectivity index (χ2n) is 6.90. The van der Waals surface area contributed by atoms with E-state index in [1.165, 1.54) is 0 Å². The highest BCUT2D eigenvalue weighted by atomic mass is 16.5. The van der Waals surface area contributed by atoms with Crippen LogP contribution in [0.15, 0.2) is 60.7 Å². The van der Waals surface area contributed by atoms with Crippen molar-refractivity contribution in [1.29, 1.82) is 0 Å². The third kappa shape index (κ3) is 3.44. The largest absolute Gasteiger partial charge is 0.373 e.